The lowest BCUT2D eigenvalue weighted by Crippen LogP contribution is -2.32. The summed E-state index contributed by atoms with van der Waals surface area (Å²) in [6.45, 7) is 0.306. The van der Waals surface area contributed by atoms with Crippen molar-refractivity contribution in [3.63, 3.8) is 0 Å². The molecule has 0 spiro atoms. The van der Waals surface area contributed by atoms with Gasteiger partial charge in [0.05, 0.1) is 6.33 Å². The molecule has 0 amide bonds. The van der Waals surface area contributed by atoms with Crippen molar-refractivity contribution in [2.24, 2.45) is 12.5 Å². The van der Waals surface area contributed by atoms with E-state index in [4.69, 9.17) is 5.11 Å². The van der Waals surface area contributed by atoms with Gasteiger partial charge >= 0.3 is 0 Å². The van der Waals surface area contributed by atoms with Crippen molar-refractivity contribution in [3.05, 3.63) is 12.5 Å². The van der Waals surface area contributed by atoms with E-state index in [0.717, 1.165) is 12.8 Å². The van der Waals surface area contributed by atoms with Crippen molar-refractivity contribution < 1.29 is 13.5 Å². The summed E-state index contributed by atoms with van der Waals surface area (Å²) in [5.41, 5.74) is -0.234. The van der Waals surface area contributed by atoms with Gasteiger partial charge in [-0.1, -0.05) is 0 Å². The Morgan fingerprint density at radius 3 is 2.75 bits per heavy atom. The number of imidazole rings is 1. The highest BCUT2D eigenvalue weighted by molar-refractivity contribution is 7.89. The molecule has 1 fully saturated rings. The Morgan fingerprint density at radius 1 is 1.62 bits per heavy atom. The van der Waals surface area contributed by atoms with Gasteiger partial charge < -0.3 is 9.67 Å². The number of sulfonamides is 1. The van der Waals surface area contributed by atoms with Crippen molar-refractivity contribution in [1.82, 2.24) is 14.3 Å². The Labute approximate surface area is 94.4 Å². The van der Waals surface area contributed by atoms with E-state index in [9.17, 15) is 8.42 Å². The third kappa shape index (κ3) is 2.26. The quantitative estimate of drug-likeness (QED) is 0.730. The van der Waals surface area contributed by atoms with E-state index in [-0.39, 0.29) is 23.6 Å². The second-order valence-electron chi connectivity index (χ2n) is 4.36. The summed E-state index contributed by atoms with van der Waals surface area (Å²) in [5.74, 6) is 0. The zero-order valence-electron chi connectivity index (χ0n) is 9.05. The highest BCUT2D eigenvalue weighted by Gasteiger charge is 2.42. The lowest BCUT2D eigenvalue weighted by Gasteiger charge is -2.11. The summed E-state index contributed by atoms with van der Waals surface area (Å²) in [6, 6.07) is 0. The third-order valence-corrected chi connectivity index (χ3v) is 4.17. The van der Waals surface area contributed by atoms with E-state index in [0.29, 0.717) is 0 Å². The highest BCUT2D eigenvalue weighted by Crippen LogP contribution is 2.44. The van der Waals surface area contributed by atoms with Gasteiger partial charge in [0.2, 0.25) is 0 Å². The normalized spacial score (nSPS) is 18.6. The molecule has 1 heterocycles. The minimum atomic E-state index is -3.54. The maximum atomic E-state index is 11.8. The Balaban J connectivity index is 2.04. The van der Waals surface area contributed by atoms with Crippen LogP contribution in [-0.2, 0) is 17.1 Å². The summed E-state index contributed by atoms with van der Waals surface area (Å²) >= 11 is 0. The molecule has 1 aromatic rings. The molecule has 0 atom stereocenters. The number of nitrogens with one attached hydrogen (secondary N) is 1. The van der Waals surface area contributed by atoms with Crippen LogP contribution in [0.1, 0.15) is 12.8 Å². The number of aliphatic hydroxyl groups excluding tert-OH is 1. The number of rotatable bonds is 5. The molecule has 0 unspecified atom stereocenters. The van der Waals surface area contributed by atoms with Crippen LogP contribution in [-0.4, -0.2) is 36.2 Å². The smallest absolute Gasteiger partial charge is 0.259 e. The minimum absolute atomic E-state index is 0.0174. The molecule has 1 aromatic heterocycles. The fraction of sp³-hybridized carbons (Fsp3) is 0.667. The first kappa shape index (κ1) is 11.6. The van der Waals surface area contributed by atoms with Crippen LogP contribution in [0.3, 0.4) is 0 Å². The van der Waals surface area contributed by atoms with Crippen LogP contribution in [0.25, 0.3) is 0 Å². The number of hydrogen-bond acceptors (Lipinski definition) is 4. The fourth-order valence-corrected chi connectivity index (χ4v) is 2.55. The Hall–Kier alpha value is -0.920. The first-order valence-electron chi connectivity index (χ1n) is 5.06. The predicted molar refractivity (Wildman–Crippen MR) is 57.1 cm³/mol. The summed E-state index contributed by atoms with van der Waals surface area (Å²) in [4.78, 5) is 3.78. The van der Waals surface area contributed by atoms with Crippen LogP contribution in [0.4, 0.5) is 0 Å². The molecule has 0 aliphatic heterocycles. The molecule has 7 heteroatoms. The SMILES string of the molecule is Cn1cnc(S(=O)(=O)NCC2(CO)CC2)c1. The average molecular weight is 245 g/mol. The molecule has 2 N–H and O–H groups in total. The van der Waals surface area contributed by atoms with Crippen molar-refractivity contribution in [1.29, 1.82) is 0 Å². The third-order valence-electron chi connectivity index (χ3n) is 2.89. The van der Waals surface area contributed by atoms with Gasteiger partial charge in [-0.05, 0) is 12.8 Å². The first-order valence-corrected chi connectivity index (χ1v) is 6.54. The Kier molecular flexibility index (Phi) is 2.77. The van der Waals surface area contributed by atoms with Gasteiger partial charge in [-0.25, -0.2) is 18.1 Å². The molecular formula is C9H15N3O3S. The molecule has 0 bridgehead atoms. The topological polar surface area (TPSA) is 84.2 Å². The van der Waals surface area contributed by atoms with Gasteiger partial charge in [0, 0.05) is 31.8 Å². The first-order chi connectivity index (χ1) is 7.47. The molecule has 0 radical (unpaired) electrons. The molecule has 1 saturated carbocycles. The molecular weight excluding hydrogens is 230 g/mol. The van der Waals surface area contributed by atoms with E-state index in [1.54, 1.807) is 11.6 Å². The zero-order valence-corrected chi connectivity index (χ0v) is 9.87. The maximum Gasteiger partial charge on any atom is 0.259 e. The van der Waals surface area contributed by atoms with Gasteiger partial charge in [0.1, 0.15) is 0 Å². The summed E-state index contributed by atoms with van der Waals surface area (Å²) in [7, 11) is -1.83. The van der Waals surface area contributed by atoms with Crippen molar-refractivity contribution in [2.45, 2.75) is 17.9 Å². The minimum Gasteiger partial charge on any atom is -0.396 e. The Bertz CT molecular complexity index is 476. The molecule has 90 valence electrons. The van der Waals surface area contributed by atoms with Gasteiger partial charge in [-0.15, -0.1) is 0 Å². The van der Waals surface area contributed by atoms with E-state index in [1.165, 1.54) is 12.5 Å². The maximum absolute atomic E-state index is 11.8. The summed E-state index contributed by atoms with van der Waals surface area (Å²) in [6.07, 6.45) is 4.62. The average Bonchev–Trinajstić information content (AvgIpc) is 2.91. The van der Waals surface area contributed by atoms with Gasteiger partial charge in [0.25, 0.3) is 10.0 Å². The van der Waals surface area contributed by atoms with Crippen molar-refractivity contribution in [3.8, 4) is 0 Å². The van der Waals surface area contributed by atoms with Crippen LogP contribution < -0.4 is 4.72 Å². The fourth-order valence-electron chi connectivity index (χ4n) is 1.42. The van der Waals surface area contributed by atoms with Crippen LogP contribution in [0, 0.1) is 5.41 Å². The zero-order chi connectivity index (χ0) is 11.8. The van der Waals surface area contributed by atoms with E-state index >= 15 is 0 Å². The molecule has 16 heavy (non-hydrogen) atoms. The number of aliphatic hydroxyl groups is 1. The van der Waals surface area contributed by atoms with Crippen LogP contribution in [0.2, 0.25) is 0 Å². The number of hydrogen-bond donors (Lipinski definition) is 2. The van der Waals surface area contributed by atoms with Crippen LogP contribution >= 0.6 is 0 Å². The lowest BCUT2D eigenvalue weighted by molar-refractivity contribution is 0.213. The molecule has 0 saturated heterocycles. The van der Waals surface area contributed by atoms with Gasteiger partial charge in [-0.2, -0.15) is 0 Å². The van der Waals surface area contributed by atoms with Gasteiger partial charge in [-0.3, -0.25) is 0 Å². The Morgan fingerprint density at radius 2 is 2.31 bits per heavy atom. The summed E-state index contributed by atoms with van der Waals surface area (Å²) < 4.78 is 27.6. The largest absolute Gasteiger partial charge is 0.396 e. The molecule has 0 aromatic carbocycles. The number of aryl methyl sites for hydroxylation is 1. The van der Waals surface area contributed by atoms with E-state index in [2.05, 4.69) is 9.71 Å². The lowest BCUT2D eigenvalue weighted by atomic mass is 10.1. The second-order valence-corrected chi connectivity index (χ2v) is 6.07. The predicted octanol–water partition coefficient (Wildman–Crippen LogP) is -0.529. The standard InChI is InChI=1S/C9H15N3O3S/c1-12-4-8(10-7-12)16(14,15)11-5-9(6-13)2-3-9/h4,7,11,13H,2-3,5-6H2,1H3. The second kappa shape index (κ2) is 3.83. The van der Waals surface area contributed by atoms with E-state index < -0.39 is 10.0 Å². The van der Waals surface area contributed by atoms with Crippen molar-refractivity contribution in [2.75, 3.05) is 13.2 Å². The van der Waals surface area contributed by atoms with E-state index in [1.807, 2.05) is 0 Å². The molecule has 2 rings (SSSR count). The van der Waals surface area contributed by atoms with Crippen LogP contribution in [0.5, 0.6) is 0 Å². The molecule has 1 aliphatic rings. The van der Waals surface area contributed by atoms with Crippen molar-refractivity contribution >= 4 is 10.0 Å². The highest BCUT2D eigenvalue weighted by atomic mass is 32.2. The number of nitrogens with zero attached hydrogens (tertiary/aromatic N) is 2. The van der Waals surface area contributed by atoms with Gasteiger partial charge in [0.15, 0.2) is 5.03 Å². The number of aromatic nitrogens is 2. The molecule has 1 aliphatic carbocycles. The monoisotopic (exact) mass is 245 g/mol. The summed E-state index contributed by atoms with van der Waals surface area (Å²) in [5, 5.41) is 9.09. The molecule has 6 nitrogen and oxygen atoms in total. The van der Waals surface area contributed by atoms with Crippen LogP contribution in [0.15, 0.2) is 17.6 Å².